The van der Waals surface area contributed by atoms with Crippen molar-refractivity contribution in [1.29, 1.82) is 0 Å². The van der Waals surface area contributed by atoms with Gasteiger partial charge >= 0.3 is 0 Å². The molecule has 0 aliphatic rings. The third-order valence-electron chi connectivity index (χ3n) is 1.56. The number of nitro benzene ring substituents is 1. The van der Waals surface area contributed by atoms with Crippen molar-refractivity contribution in [3.8, 4) is 0 Å². The van der Waals surface area contributed by atoms with E-state index in [0.717, 1.165) is 5.69 Å². The average Bonchev–Trinajstić information content (AvgIpc) is 2.04. The Morgan fingerprint density at radius 2 is 2.08 bits per heavy atom. The lowest BCUT2D eigenvalue weighted by Gasteiger charge is -2.10. The first-order chi connectivity index (χ1) is 5.61. The molecule has 0 heterocycles. The van der Waals surface area contributed by atoms with E-state index in [1.807, 2.05) is 25.1 Å². The van der Waals surface area contributed by atoms with Gasteiger partial charge in [0, 0.05) is 31.9 Å². The topological polar surface area (TPSA) is 46.4 Å². The number of anilines is 1. The molecule has 12 heavy (non-hydrogen) atoms. The maximum absolute atomic E-state index is 10.4. The Labute approximate surface area is 70.6 Å². The van der Waals surface area contributed by atoms with Gasteiger partial charge in [-0.1, -0.05) is 6.07 Å². The van der Waals surface area contributed by atoms with Crippen LogP contribution < -0.4 is 4.90 Å². The van der Waals surface area contributed by atoms with E-state index in [9.17, 15) is 10.1 Å². The Morgan fingerprint density at radius 1 is 1.42 bits per heavy atom. The molecular weight excluding hydrogens is 156 g/mol. The highest BCUT2D eigenvalue weighted by molar-refractivity contribution is 5.51. The number of hydrogen-bond donors (Lipinski definition) is 0. The normalized spacial score (nSPS) is 9.50. The molecule has 0 aliphatic heterocycles. The standard InChI is InChI=1S/C8H10N2O2/c1-9(2)7-4-3-5-8(6-7)10(11)12/h3-6H,1-2H3. The lowest BCUT2D eigenvalue weighted by molar-refractivity contribution is -0.384. The molecule has 4 heteroatoms. The van der Waals surface area contributed by atoms with Crippen molar-refractivity contribution in [2.45, 2.75) is 0 Å². The van der Waals surface area contributed by atoms with Crippen molar-refractivity contribution in [2.75, 3.05) is 19.0 Å². The summed E-state index contributed by atoms with van der Waals surface area (Å²) in [5.74, 6) is 0. The molecule has 64 valence electrons. The fourth-order valence-corrected chi connectivity index (χ4v) is 0.885. The Bertz CT molecular complexity index is 297. The molecule has 0 bridgehead atoms. The van der Waals surface area contributed by atoms with Gasteiger partial charge in [-0.05, 0) is 6.07 Å². The van der Waals surface area contributed by atoms with Crippen LogP contribution in [0.3, 0.4) is 0 Å². The van der Waals surface area contributed by atoms with Crippen molar-refractivity contribution in [1.82, 2.24) is 0 Å². The van der Waals surface area contributed by atoms with Crippen LogP contribution in [0.25, 0.3) is 0 Å². The summed E-state index contributed by atoms with van der Waals surface area (Å²) in [7, 11) is 3.69. The predicted octanol–water partition coefficient (Wildman–Crippen LogP) is 1.66. The molecule has 0 aliphatic carbocycles. The Hall–Kier alpha value is -1.58. The lowest BCUT2D eigenvalue weighted by atomic mass is 10.3. The lowest BCUT2D eigenvalue weighted by Crippen LogP contribution is -2.08. The van der Waals surface area contributed by atoms with Gasteiger partial charge in [0.15, 0.2) is 0 Å². The van der Waals surface area contributed by atoms with Crippen LogP contribution in [-0.2, 0) is 0 Å². The summed E-state index contributed by atoms with van der Waals surface area (Å²) in [5, 5.41) is 10.4. The van der Waals surface area contributed by atoms with Crippen LogP contribution in [0.15, 0.2) is 24.3 Å². The number of nitro groups is 1. The van der Waals surface area contributed by atoms with E-state index in [0.29, 0.717) is 0 Å². The largest absolute Gasteiger partial charge is 0.377 e. The third kappa shape index (κ3) is 1.72. The molecule has 1 rings (SSSR count). The third-order valence-corrected chi connectivity index (χ3v) is 1.56. The van der Waals surface area contributed by atoms with Gasteiger partial charge < -0.3 is 4.90 Å². The van der Waals surface area contributed by atoms with E-state index in [4.69, 9.17) is 0 Å². The first kappa shape index (κ1) is 8.52. The molecule has 0 saturated heterocycles. The molecular formula is C8H10N2O2. The molecule has 0 amide bonds. The number of non-ortho nitro benzene ring substituents is 1. The zero-order valence-corrected chi connectivity index (χ0v) is 7.02. The van der Waals surface area contributed by atoms with Gasteiger partial charge in [-0.3, -0.25) is 10.1 Å². The molecule has 0 fully saturated rings. The minimum Gasteiger partial charge on any atom is -0.377 e. The molecule has 0 spiro atoms. The fraction of sp³-hybridized carbons (Fsp3) is 0.250. The number of rotatable bonds is 2. The van der Waals surface area contributed by atoms with E-state index in [1.165, 1.54) is 6.07 Å². The van der Waals surface area contributed by atoms with Crippen molar-refractivity contribution in [2.24, 2.45) is 0 Å². The van der Waals surface area contributed by atoms with E-state index in [1.54, 1.807) is 12.1 Å². The zero-order valence-electron chi connectivity index (χ0n) is 7.02. The average molecular weight is 166 g/mol. The molecule has 1 aromatic rings. The summed E-state index contributed by atoms with van der Waals surface area (Å²) in [6, 6.07) is 6.52. The van der Waals surface area contributed by atoms with Crippen LogP contribution in [0.5, 0.6) is 0 Å². The van der Waals surface area contributed by atoms with Crippen LogP contribution in [0.2, 0.25) is 0 Å². The second-order valence-corrected chi connectivity index (χ2v) is 2.67. The van der Waals surface area contributed by atoms with Gasteiger partial charge in [-0.15, -0.1) is 0 Å². The van der Waals surface area contributed by atoms with Crippen LogP contribution in [0.4, 0.5) is 11.4 Å². The second kappa shape index (κ2) is 3.21. The highest BCUT2D eigenvalue weighted by atomic mass is 16.6. The quantitative estimate of drug-likeness (QED) is 0.495. The molecule has 1 aromatic carbocycles. The monoisotopic (exact) mass is 166 g/mol. The SMILES string of the molecule is CN(C)c1cccc([N+](=O)[O-])c1. The van der Waals surface area contributed by atoms with E-state index in [2.05, 4.69) is 0 Å². The minimum atomic E-state index is -0.396. The highest BCUT2D eigenvalue weighted by Gasteiger charge is 2.05. The van der Waals surface area contributed by atoms with Crippen LogP contribution >= 0.6 is 0 Å². The first-order valence-corrected chi connectivity index (χ1v) is 3.53. The van der Waals surface area contributed by atoms with Crippen molar-refractivity contribution < 1.29 is 4.92 Å². The van der Waals surface area contributed by atoms with E-state index < -0.39 is 4.92 Å². The van der Waals surface area contributed by atoms with Crippen molar-refractivity contribution in [3.05, 3.63) is 34.4 Å². The second-order valence-electron chi connectivity index (χ2n) is 2.67. The molecule has 4 nitrogen and oxygen atoms in total. The van der Waals surface area contributed by atoms with Gasteiger partial charge in [-0.25, -0.2) is 0 Å². The summed E-state index contributed by atoms with van der Waals surface area (Å²) < 4.78 is 0. The summed E-state index contributed by atoms with van der Waals surface area (Å²) in [6.07, 6.45) is 0. The van der Waals surface area contributed by atoms with Gasteiger partial charge in [0.05, 0.1) is 4.92 Å². The van der Waals surface area contributed by atoms with Crippen LogP contribution in [0.1, 0.15) is 0 Å². The maximum Gasteiger partial charge on any atom is 0.271 e. The molecule has 0 saturated carbocycles. The van der Waals surface area contributed by atoms with Gasteiger partial charge in [0.1, 0.15) is 0 Å². The van der Waals surface area contributed by atoms with Crippen LogP contribution in [-0.4, -0.2) is 19.0 Å². The maximum atomic E-state index is 10.4. The van der Waals surface area contributed by atoms with Crippen molar-refractivity contribution >= 4 is 11.4 Å². The Kier molecular flexibility index (Phi) is 2.28. The van der Waals surface area contributed by atoms with Crippen LogP contribution in [0, 0.1) is 10.1 Å². The van der Waals surface area contributed by atoms with E-state index >= 15 is 0 Å². The smallest absolute Gasteiger partial charge is 0.271 e. The molecule has 0 atom stereocenters. The Morgan fingerprint density at radius 3 is 2.58 bits per heavy atom. The van der Waals surface area contributed by atoms with E-state index in [-0.39, 0.29) is 5.69 Å². The summed E-state index contributed by atoms with van der Waals surface area (Å²) in [6.45, 7) is 0. The number of nitrogens with zero attached hydrogens (tertiary/aromatic N) is 2. The number of benzene rings is 1. The van der Waals surface area contributed by atoms with Crippen molar-refractivity contribution in [3.63, 3.8) is 0 Å². The first-order valence-electron chi connectivity index (χ1n) is 3.53. The predicted molar refractivity (Wildman–Crippen MR) is 47.4 cm³/mol. The van der Waals surface area contributed by atoms with Gasteiger partial charge in [-0.2, -0.15) is 0 Å². The molecule has 0 N–H and O–H groups in total. The molecule has 0 radical (unpaired) electrons. The fourth-order valence-electron chi connectivity index (χ4n) is 0.885. The highest BCUT2D eigenvalue weighted by Crippen LogP contribution is 2.18. The van der Waals surface area contributed by atoms with Gasteiger partial charge in [0.2, 0.25) is 0 Å². The number of hydrogen-bond acceptors (Lipinski definition) is 3. The molecule has 0 unspecified atom stereocenters. The summed E-state index contributed by atoms with van der Waals surface area (Å²) in [4.78, 5) is 11.8. The summed E-state index contributed by atoms with van der Waals surface area (Å²) in [5.41, 5.74) is 0.963. The minimum absolute atomic E-state index is 0.126. The zero-order chi connectivity index (χ0) is 9.14. The molecule has 0 aromatic heterocycles. The Balaban J connectivity index is 3.04. The summed E-state index contributed by atoms with van der Waals surface area (Å²) >= 11 is 0. The van der Waals surface area contributed by atoms with Gasteiger partial charge in [0.25, 0.3) is 5.69 Å².